The molecule has 0 radical (unpaired) electrons. The molecule has 0 amide bonds. The van der Waals surface area contributed by atoms with Crippen LogP contribution in [0, 0.1) is 5.82 Å². The molecule has 0 spiro atoms. The number of aryl methyl sites for hydroxylation is 1. The molecule has 2 N–H and O–H groups in total. The van der Waals surface area contributed by atoms with Gasteiger partial charge in [0, 0.05) is 6.54 Å². The van der Waals surface area contributed by atoms with E-state index in [1.165, 1.54) is 12.1 Å². The van der Waals surface area contributed by atoms with Crippen molar-refractivity contribution in [1.82, 2.24) is 5.32 Å². The fourth-order valence-electron chi connectivity index (χ4n) is 2.01. The van der Waals surface area contributed by atoms with E-state index in [0.717, 1.165) is 24.9 Å². The van der Waals surface area contributed by atoms with Gasteiger partial charge in [-0.05, 0) is 43.5 Å². The first-order valence-electron chi connectivity index (χ1n) is 5.36. The molecule has 1 aliphatic rings. The molecule has 0 bridgehead atoms. The second kappa shape index (κ2) is 4.29. The Kier molecular flexibility index (Phi) is 3.03. The highest BCUT2D eigenvalue weighted by Crippen LogP contribution is 2.21. The summed E-state index contributed by atoms with van der Waals surface area (Å²) < 4.78 is 12.9. The molecule has 2 nitrogen and oxygen atoms in total. The summed E-state index contributed by atoms with van der Waals surface area (Å²) in [4.78, 5) is 0. The monoisotopic (exact) mass is 209 g/mol. The molecule has 1 heterocycles. The normalized spacial score (nSPS) is 25.7. The van der Waals surface area contributed by atoms with E-state index in [1.54, 1.807) is 6.07 Å². The van der Waals surface area contributed by atoms with E-state index in [-0.39, 0.29) is 5.82 Å². The van der Waals surface area contributed by atoms with Crippen LogP contribution in [-0.4, -0.2) is 23.8 Å². The Morgan fingerprint density at radius 3 is 3.00 bits per heavy atom. The first-order valence-corrected chi connectivity index (χ1v) is 5.36. The molecule has 1 aromatic rings. The maximum atomic E-state index is 12.9. The van der Waals surface area contributed by atoms with E-state index in [2.05, 4.69) is 5.32 Å². The van der Waals surface area contributed by atoms with E-state index < -0.39 is 5.60 Å². The first kappa shape index (κ1) is 10.6. The molecule has 82 valence electrons. The van der Waals surface area contributed by atoms with Crippen molar-refractivity contribution in [2.24, 2.45) is 0 Å². The van der Waals surface area contributed by atoms with Crippen LogP contribution in [0.25, 0.3) is 0 Å². The van der Waals surface area contributed by atoms with Crippen LogP contribution in [0.1, 0.15) is 18.4 Å². The van der Waals surface area contributed by atoms with E-state index in [4.69, 9.17) is 0 Å². The average Bonchev–Trinajstić information content (AvgIpc) is 2.63. The topological polar surface area (TPSA) is 32.3 Å². The number of halogens is 1. The maximum absolute atomic E-state index is 12.9. The SMILES string of the molecule is OC1(CCc2cccc(F)c2)CCNC1. The molecule has 1 saturated heterocycles. The number of aliphatic hydroxyl groups is 1. The Hall–Kier alpha value is -0.930. The van der Waals surface area contributed by atoms with Crippen LogP contribution in [-0.2, 0) is 6.42 Å². The number of rotatable bonds is 3. The molecular formula is C12H16FNO. The van der Waals surface area contributed by atoms with Gasteiger partial charge in [-0.15, -0.1) is 0 Å². The summed E-state index contributed by atoms with van der Waals surface area (Å²) in [6.45, 7) is 1.53. The summed E-state index contributed by atoms with van der Waals surface area (Å²) in [5, 5.41) is 13.2. The Morgan fingerprint density at radius 2 is 2.33 bits per heavy atom. The summed E-state index contributed by atoms with van der Waals surface area (Å²) in [5.41, 5.74) is 0.363. The van der Waals surface area contributed by atoms with Crippen LogP contribution in [0.15, 0.2) is 24.3 Å². The van der Waals surface area contributed by atoms with Gasteiger partial charge in [0.15, 0.2) is 0 Å². The zero-order chi connectivity index (χ0) is 10.7. The van der Waals surface area contributed by atoms with Gasteiger partial charge in [-0.2, -0.15) is 0 Å². The molecule has 1 unspecified atom stereocenters. The van der Waals surface area contributed by atoms with Crippen molar-refractivity contribution in [3.05, 3.63) is 35.6 Å². The van der Waals surface area contributed by atoms with Gasteiger partial charge in [0.1, 0.15) is 5.82 Å². The molecule has 0 aliphatic carbocycles. The number of nitrogens with one attached hydrogen (secondary N) is 1. The van der Waals surface area contributed by atoms with Crippen molar-refractivity contribution in [3.63, 3.8) is 0 Å². The zero-order valence-corrected chi connectivity index (χ0v) is 8.67. The smallest absolute Gasteiger partial charge is 0.123 e. The fraction of sp³-hybridized carbons (Fsp3) is 0.500. The van der Waals surface area contributed by atoms with Crippen LogP contribution in [0.3, 0.4) is 0 Å². The van der Waals surface area contributed by atoms with E-state index in [1.807, 2.05) is 6.07 Å². The highest BCUT2D eigenvalue weighted by Gasteiger charge is 2.30. The molecule has 1 aliphatic heterocycles. The highest BCUT2D eigenvalue weighted by atomic mass is 19.1. The van der Waals surface area contributed by atoms with E-state index in [0.29, 0.717) is 13.0 Å². The summed E-state index contributed by atoms with van der Waals surface area (Å²) in [5.74, 6) is -0.205. The second-order valence-electron chi connectivity index (χ2n) is 4.28. The van der Waals surface area contributed by atoms with Crippen LogP contribution < -0.4 is 5.32 Å². The molecule has 3 heteroatoms. The van der Waals surface area contributed by atoms with Gasteiger partial charge in [0.2, 0.25) is 0 Å². The van der Waals surface area contributed by atoms with Gasteiger partial charge in [0.25, 0.3) is 0 Å². The third kappa shape index (κ3) is 2.76. The van der Waals surface area contributed by atoms with Crippen molar-refractivity contribution in [3.8, 4) is 0 Å². The summed E-state index contributed by atoms with van der Waals surface area (Å²) in [7, 11) is 0. The predicted octanol–water partition coefficient (Wildman–Crippen LogP) is 1.48. The van der Waals surface area contributed by atoms with Gasteiger partial charge in [-0.3, -0.25) is 0 Å². The molecular weight excluding hydrogens is 193 g/mol. The van der Waals surface area contributed by atoms with Crippen LogP contribution >= 0.6 is 0 Å². The number of β-amino-alcohol motifs (C(OH)–C–C–N with tert-alkyl or cyclic N) is 1. The van der Waals surface area contributed by atoms with Gasteiger partial charge < -0.3 is 10.4 Å². The maximum Gasteiger partial charge on any atom is 0.123 e. The minimum atomic E-state index is -0.591. The van der Waals surface area contributed by atoms with Crippen molar-refractivity contribution < 1.29 is 9.50 Å². The van der Waals surface area contributed by atoms with Crippen molar-refractivity contribution in [2.45, 2.75) is 24.9 Å². The number of hydrogen-bond donors (Lipinski definition) is 2. The van der Waals surface area contributed by atoms with Crippen molar-refractivity contribution >= 4 is 0 Å². The van der Waals surface area contributed by atoms with Gasteiger partial charge in [-0.25, -0.2) is 4.39 Å². The lowest BCUT2D eigenvalue weighted by atomic mass is 9.94. The highest BCUT2D eigenvalue weighted by molar-refractivity contribution is 5.16. The molecule has 2 rings (SSSR count). The summed E-state index contributed by atoms with van der Waals surface area (Å²) in [6, 6.07) is 6.58. The molecule has 0 aromatic heterocycles. The minimum Gasteiger partial charge on any atom is -0.389 e. The number of hydrogen-bond acceptors (Lipinski definition) is 2. The van der Waals surface area contributed by atoms with Crippen LogP contribution in [0.4, 0.5) is 4.39 Å². The summed E-state index contributed by atoms with van der Waals surface area (Å²) >= 11 is 0. The quantitative estimate of drug-likeness (QED) is 0.790. The Morgan fingerprint density at radius 1 is 1.47 bits per heavy atom. The molecule has 1 atom stereocenters. The molecule has 15 heavy (non-hydrogen) atoms. The third-order valence-electron chi connectivity index (χ3n) is 2.99. The van der Waals surface area contributed by atoms with E-state index >= 15 is 0 Å². The lowest BCUT2D eigenvalue weighted by molar-refractivity contribution is 0.0526. The first-order chi connectivity index (χ1) is 7.18. The van der Waals surface area contributed by atoms with Crippen molar-refractivity contribution in [1.29, 1.82) is 0 Å². The van der Waals surface area contributed by atoms with Crippen molar-refractivity contribution in [2.75, 3.05) is 13.1 Å². The molecule has 1 fully saturated rings. The predicted molar refractivity (Wildman–Crippen MR) is 57.2 cm³/mol. The Bertz CT molecular complexity index is 334. The second-order valence-corrected chi connectivity index (χ2v) is 4.28. The minimum absolute atomic E-state index is 0.205. The van der Waals surface area contributed by atoms with E-state index in [9.17, 15) is 9.50 Å². The number of benzene rings is 1. The average molecular weight is 209 g/mol. The zero-order valence-electron chi connectivity index (χ0n) is 8.67. The Labute approximate surface area is 89.1 Å². The lowest BCUT2D eigenvalue weighted by Crippen LogP contribution is -2.31. The molecule has 0 saturated carbocycles. The summed E-state index contributed by atoms with van der Waals surface area (Å²) in [6.07, 6.45) is 2.22. The van der Waals surface area contributed by atoms with Crippen LogP contribution in [0.5, 0.6) is 0 Å². The third-order valence-corrected chi connectivity index (χ3v) is 2.99. The van der Waals surface area contributed by atoms with Gasteiger partial charge in [0.05, 0.1) is 5.60 Å². The fourth-order valence-corrected chi connectivity index (χ4v) is 2.01. The Balaban J connectivity index is 1.92. The van der Waals surface area contributed by atoms with Crippen LogP contribution in [0.2, 0.25) is 0 Å². The standard InChI is InChI=1S/C12H16FNO/c13-11-3-1-2-10(8-11)4-5-12(15)6-7-14-9-12/h1-3,8,14-15H,4-7,9H2. The van der Waals surface area contributed by atoms with Gasteiger partial charge >= 0.3 is 0 Å². The largest absolute Gasteiger partial charge is 0.389 e. The molecule has 1 aromatic carbocycles. The van der Waals surface area contributed by atoms with Gasteiger partial charge in [-0.1, -0.05) is 12.1 Å². The lowest BCUT2D eigenvalue weighted by Gasteiger charge is -2.20.